The Balaban J connectivity index is 4.06. The number of nitrogens with two attached hydrogens (primary N) is 1. The van der Waals surface area contributed by atoms with Crippen molar-refractivity contribution in [3.8, 4) is 0 Å². The first-order valence-corrected chi connectivity index (χ1v) is 6.57. The van der Waals surface area contributed by atoms with Crippen LogP contribution in [0.5, 0.6) is 0 Å². The van der Waals surface area contributed by atoms with Crippen LogP contribution in [0.25, 0.3) is 0 Å². The Hall–Kier alpha value is -0.620. The summed E-state index contributed by atoms with van der Waals surface area (Å²) in [5.74, 6) is -0.691. The largest absolute Gasteiger partial charge is 0.345 e. The molecular formula is C9H19NO4S. The van der Waals surface area contributed by atoms with E-state index in [2.05, 4.69) is 4.18 Å². The topological polar surface area (TPSA) is 86.5 Å². The van der Waals surface area contributed by atoms with Crippen LogP contribution in [0.4, 0.5) is 0 Å². The van der Waals surface area contributed by atoms with Crippen molar-refractivity contribution in [2.24, 2.45) is 5.73 Å². The SMILES string of the molecule is CCCCCC(=O)OS(=O)(=O)C(C)CN. The van der Waals surface area contributed by atoms with Gasteiger partial charge in [0.25, 0.3) is 0 Å². The fourth-order valence-corrected chi connectivity index (χ4v) is 1.63. The van der Waals surface area contributed by atoms with Crippen LogP contribution in [0, 0.1) is 0 Å². The summed E-state index contributed by atoms with van der Waals surface area (Å²) in [6.45, 7) is 3.36. The first-order valence-electron chi connectivity index (χ1n) is 5.10. The van der Waals surface area contributed by atoms with E-state index in [1.54, 1.807) is 0 Å². The molecule has 1 atom stereocenters. The number of hydrogen-bond acceptors (Lipinski definition) is 5. The summed E-state index contributed by atoms with van der Waals surface area (Å²) in [5.41, 5.74) is 5.19. The Morgan fingerprint density at radius 2 is 2.00 bits per heavy atom. The molecule has 2 N–H and O–H groups in total. The highest BCUT2D eigenvalue weighted by Crippen LogP contribution is 2.07. The highest BCUT2D eigenvalue weighted by molar-refractivity contribution is 7.87. The van der Waals surface area contributed by atoms with Gasteiger partial charge in [0.05, 0.1) is 0 Å². The molecular weight excluding hydrogens is 218 g/mol. The minimum atomic E-state index is -3.82. The van der Waals surface area contributed by atoms with E-state index >= 15 is 0 Å². The average molecular weight is 237 g/mol. The van der Waals surface area contributed by atoms with Crippen molar-refractivity contribution >= 4 is 16.1 Å². The predicted octanol–water partition coefficient (Wildman–Crippen LogP) is 0.787. The van der Waals surface area contributed by atoms with Gasteiger partial charge < -0.3 is 9.92 Å². The zero-order chi connectivity index (χ0) is 11.9. The molecule has 15 heavy (non-hydrogen) atoms. The molecule has 0 amide bonds. The molecule has 1 unspecified atom stereocenters. The normalized spacial score (nSPS) is 13.5. The maximum absolute atomic E-state index is 11.3. The molecule has 0 bridgehead atoms. The first-order chi connectivity index (χ1) is 6.94. The summed E-state index contributed by atoms with van der Waals surface area (Å²) in [5, 5.41) is -0.840. The highest BCUT2D eigenvalue weighted by atomic mass is 32.2. The molecule has 0 aromatic carbocycles. The van der Waals surface area contributed by atoms with Crippen molar-refractivity contribution in [3.05, 3.63) is 0 Å². The van der Waals surface area contributed by atoms with Crippen LogP contribution >= 0.6 is 0 Å². The molecule has 0 aromatic rings. The summed E-state index contributed by atoms with van der Waals surface area (Å²) in [6.07, 6.45) is 2.66. The van der Waals surface area contributed by atoms with Gasteiger partial charge in [0.2, 0.25) is 0 Å². The third kappa shape index (κ3) is 5.74. The lowest BCUT2D eigenvalue weighted by Gasteiger charge is -2.09. The van der Waals surface area contributed by atoms with Crippen LogP contribution < -0.4 is 5.73 Å². The van der Waals surface area contributed by atoms with Crippen molar-refractivity contribution < 1.29 is 17.4 Å². The van der Waals surface area contributed by atoms with E-state index in [9.17, 15) is 13.2 Å². The van der Waals surface area contributed by atoms with Gasteiger partial charge in [0, 0.05) is 13.0 Å². The summed E-state index contributed by atoms with van der Waals surface area (Å²) in [7, 11) is -3.82. The number of rotatable bonds is 7. The lowest BCUT2D eigenvalue weighted by atomic mass is 10.2. The van der Waals surface area contributed by atoms with E-state index in [0.29, 0.717) is 6.42 Å². The van der Waals surface area contributed by atoms with E-state index in [4.69, 9.17) is 5.73 Å². The second-order valence-electron chi connectivity index (χ2n) is 3.45. The highest BCUT2D eigenvalue weighted by Gasteiger charge is 2.23. The van der Waals surface area contributed by atoms with Crippen LogP contribution in [0.3, 0.4) is 0 Å². The third-order valence-electron chi connectivity index (χ3n) is 2.02. The first kappa shape index (κ1) is 14.4. The monoisotopic (exact) mass is 237 g/mol. The van der Waals surface area contributed by atoms with Crippen molar-refractivity contribution in [3.63, 3.8) is 0 Å². The van der Waals surface area contributed by atoms with Gasteiger partial charge in [-0.05, 0) is 13.3 Å². The van der Waals surface area contributed by atoms with E-state index < -0.39 is 21.3 Å². The van der Waals surface area contributed by atoms with Crippen molar-refractivity contribution in [2.75, 3.05) is 6.54 Å². The second-order valence-corrected chi connectivity index (χ2v) is 5.41. The third-order valence-corrected chi connectivity index (χ3v) is 3.61. The van der Waals surface area contributed by atoms with E-state index in [0.717, 1.165) is 12.8 Å². The lowest BCUT2D eigenvalue weighted by molar-refractivity contribution is -0.134. The summed E-state index contributed by atoms with van der Waals surface area (Å²) in [6, 6.07) is 0. The number of carbonyl (C=O) groups is 1. The van der Waals surface area contributed by atoms with Gasteiger partial charge >= 0.3 is 16.1 Å². The molecule has 6 heteroatoms. The number of carbonyl (C=O) groups excluding carboxylic acids is 1. The number of hydrogen-bond donors (Lipinski definition) is 1. The van der Waals surface area contributed by atoms with Crippen LogP contribution in [-0.4, -0.2) is 26.2 Å². The molecule has 0 saturated heterocycles. The van der Waals surface area contributed by atoms with Crippen LogP contribution in [0.15, 0.2) is 0 Å². The van der Waals surface area contributed by atoms with Gasteiger partial charge in [-0.15, -0.1) is 0 Å². The maximum Gasteiger partial charge on any atom is 0.322 e. The Labute approximate surface area is 91.1 Å². The van der Waals surface area contributed by atoms with Gasteiger partial charge in [-0.1, -0.05) is 19.8 Å². The zero-order valence-corrected chi connectivity index (χ0v) is 10.0. The zero-order valence-electron chi connectivity index (χ0n) is 9.23. The quantitative estimate of drug-likeness (QED) is 0.522. The molecule has 0 aromatic heterocycles. The summed E-state index contributed by atoms with van der Waals surface area (Å²) < 4.78 is 27.0. The fourth-order valence-electron chi connectivity index (χ4n) is 0.891. The smallest absolute Gasteiger partial charge is 0.322 e. The second kappa shape index (κ2) is 6.79. The molecule has 90 valence electrons. The Bertz CT molecular complexity index is 286. The van der Waals surface area contributed by atoms with Crippen molar-refractivity contribution in [1.82, 2.24) is 0 Å². The van der Waals surface area contributed by atoms with E-state index in [1.807, 2.05) is 6.92 Å². The molecule has 0 saturated carbocycles. The molecule has 5 nitrogen and oxygen atoms in total. The lowest BCUT2D eigenvalue weighted by Crippen LogP contribution is -2.30. The van der Waals surface area contributed by atoms with Crippen LogP contribution in [0.2, 0.25) is 0 Å². The van der Waals surface area contributed by atoms with Gasteiger partial charge in [0.1, 0.15) is 5.25 Å². The standard InChI is InChI=1S/C9H19NO4S/c1-3-4-5-6-9(11)14-15(12,13)8(2)7-10/h8H,3-7,10H2,1-2H3. The number of unbranched alkanes of at least 4 members (excludes halogenated alkanes) is 2. The summed E-state index contributed by atoms with van der Waals surface area (Å²) >= 11 is 0. The van der Waals surface area contributed by atoms with Crippen molar-refractivity contribution in [1.29, 1.82) is 0 Å². The Morgan fingerprint density at radius 3 is 2.47 bits per heavy atom. The fraction of sp³-hybridized carbons (Fsp3) is 0.889. The maximum atomic E-state index is 11.3. The molecule has 0 spiro atoms. The molecule has 0 heterocycles. The molecule has 0 aliphatic heterocycles. The van der Waals surface area contributed by atoms with Crippen molar-refractivity contribution in [2.45, 2.75) is 44.8 Å². The van der Waals surface area contributed by atoms with Gasteiger partial charge in [-0.3, -0.25) is 4.79 Å². The van der Waals surface area contributed by atoms with Gasteiger partial charge in [-0.2, -0.15) is 8.42 Å². The Kier molecular flexibility index (Phi) is 6.51. The van der Waals surface area contributed by atoms with E-state index in [-0.39, 0.29) is 13.0 Å². The Morgan fingerprint density at radius 1 is 1.40 bits per heavy atom. The average Bonchev–Trinajstić information content (AvgIpc) is 2.16. The van der Waals surface area contributed by atoms with Crippen LogP contribution in [-0.2, 0) is 19.1 Å². The van der Waals surface area contributed by atoms with E-state index in [1.165, 1.54) is 6.92 Å². The summed E-state index contributed by atoms with van der Waals surface area (Å²) in [4.78, 5) is 11.1. The molecule has 0 aliphatic carbocycles. The van der Waals surface area contributed by atoms with Gasteiger partial charge in [-0.25, -0.2) is 0 Å². The minimum absolute atomic E-state index is 0.0510. The minimum Gasteiger partial charge on any atom is -0.345 e. The molecule has 0 rings (SSSR count). The van der Waals surface area contributed by atoms with Gasteiger partial charge in [0.15, 0.2) is 0 Å². The van der Waals surface area contributed by atoms with Crippen LogP contribution in [0.1, 0.15) is 39.5 Å². The molecule has 0 fully saturated rings. The molecule has 0 aliphatic rings. The predicted molar refractivity (Wildman–Crippen MR) is 57.7 cm³/mol. The molecule has 0 radical (unpaired) electrons.